The SMILES string of the molecule is CC/C=C\C/C=C\C/C=C\C/C=C\C/C=C\C/C=C\CCC(=O)OC[C@H](COP(=O)(O)OC[C@@H](O)COP(=O)(O)O)OC(=O)CCC[C@@H](O)/C=C/C=C\C/C=C\C/C=C\CCCCC. The van der Waals surface area contributed by atoms with Crippen LogP contribution in [0.3, 0.4) is 0 Å². The van der Waals surface area contributed by atoms with E-state index in [1.807, 2.05) is 30.4 Å². The van der Waals surface area contributed by atoms with Crippen molar-refractivity contribution in [2.24, 2.45) is 0 Å². The summed E-state index contributed by atoms with van der Waals surface area (Å²) in [5.74, 6) is -1.34. The quantitative estimate of drug-likeness (QED) is 0.0127. The number of aliphatic hydroxyl groups is 2. The summed E-state index contributed by atoms with van der Waals surface area (Å²) in [6.07, 6.45) is 49.5. The third kappa shape index (κ3) is 45.1. The average Bonchev–Trinajstić information content (AvgIpc) is 3.25. The number of carbonyl (C=O) groups excluding carboxylic acids is 2. The van der Waals surface area contributed by atoms with E-state index < -0.39 is 72.3 Å². The highest BCUT2D eigenvalue weighted by atomic mass is 31.2. The van der Waals surface area contributed by atoms with Gasteiger partial charge < -0.3 is 34.4 Å². The molecule has 0 radical (unpaired) electrons. The minimum atomic E-state index is -4.90. The number of carbonyl (C=O) groups is 2. The van der Waals surface area contributed by atoms with Gasteiger partial charge in [-0.25, -0.2) is 9.13 Å². The van der Waals surface area contributed by atoms with Crippen LogP contribution >= 0.6 is 15.6 Å². The molecule has 0 amide bonds. The highest BCUT2D eigenvalue weighted by molar-refractivity contribution is 7.47. The molecule has 362 valence electrons. The summed E-state index contributed by atoms with van der Waals surface area (Å²) < 4.78 is 47.6. The molecule has 0 aromatic rings. The van der Waals surface area contributed by atoms with Crippen LogP contribution in [0.2, 0.25) is 0 Å². The zero-order valence-corrected chi connectivity index (χ0v) is 39.7. The molecule has 5 N–H and O–H groups in total. The van der Waals surface area contributed by atoms with Crippen molar-refractivity contribution in [3.8, 4) is 0 Å². The lowest BCUT2D eigenvalue weighted by atomic mass is 10.1. The summed E-state index contributed by atoms with van der Waals surface area (Å²) in [5, 5.41) is 20.1. The first kappa shape index (κ1) is 60.5. The van der Waals surface area contributed by atoms with Crippen LogP contribution in [-0.4, -0.2) is 81.6 Å². The second kappa shape index (κ2) is 42.1. The lowest BCUT2D eigenvalue weighted by molar-refractivity contribution is -0.161. The van der Waals surface area contributed by atoms with Gasteiger partial charge in [-0.1, -0.05) is 148 Å². The van der Waals surface area contributed by atoms with E-state index in [0.717, 1.165) is 51.4 Å². The summed E-state index contributed by atoms with van der Waals surface area (Å²) in [4.78, 5) is 52.7. The van der Waals surface area contributed by atoms with Crippen molar-refractivity contribution in [1.29, 1.82) is 0 Å². The Morgan fingerprint density at radius 2 is 1.03 bits per heavy atom. The van der Waals surface area contributed by atoms with E-state index >= 15 is 0 Å². The number of rotatable bonds is 40. The fourth-order valence-corrected chi connectivity index (χ4v) is 6.22. The average molecular weight is 939 g/mol. The molecule has 0 saturated heterocycles. The molecule has 0 spiro atoms. The summed E-state index contributed by atoms with van der Waals surface area (Å²) in [6, 6.07) is 0. The molecule has 0 fully saturated rings. The normalized spacial score (nSPS) is 15.5. The molecule has 0 aromatic heterocycles. The molecule has 0 aromatic carbocycles. The summed E-state index contributed by atoms with van der Waals surface area (Å²) in [7, 11) is -9.79. The second-order valence-corrected chi connectivity index (χ2v) is 17.1. The number of aliphatic hydroxyl groups excluding tert-OH is 2. The first-order valence-electron chi connectivity index (χ1n) is 22.3. The number of phosphoric acid groups is 2. The van der Waals surface area contributed by atoms with Crippen LogP contribution < -0.4 is 0 Å². The Balaban J connectivity index is 4.83. The number of phosphoric ester groups is 2. The van der Waals surface area contributed by atoms with Crippen LogP contribution in [0.4, 0.5) is 0 Å². The Hall–Kier alpha value is -3.52. The number of hydrogen-bond donors (Lipinski definition) is 5. The lowest BCUT2D eigenvalue weighted by Crippen LogP contribution is -2.30. The van der Waals surface area contributed by atoms with Gasteiger partial charge in [-0.2, -0.15) is 0 Å². The molecule has 1 unspecified atom stereocenters. The van der Waals surface area contributed by atoms with Crippen molar-refractivity contribution in [2.45, 2.75) is 141 Å². The Morgan fingerprint density at radius 3 is 1.58 bits per heavy atom. The Morgan fingerprint density at radius 1 is 0.531 bits per heavy atom. The van der Waals surface area contributed by atoms with Crippen molar-refractivity contribution >= 4 is 27.6 Å². The molecule has 16 heteroatoms. The Bertz CT molecular complexity index is 1600. The summed E-state index contributed by atoms with van der Waals surface area (Å²) in [6.45, 7) is 1.29. The van der Waals surface area contributed by atoms with Gasteiger partial charge in [-0.3, -0.25) is 23.2 Å². The van der Waals surface area contributed by atoms with E-state index in [1.54, 1.807) is 12.2 Å². The van der Waals surface area contributed by atoms with Crippen LogP contribution in [0.25, 0.3) is 0 Å². The van der Waals surface area contributed by atoms with Crippen LogP contribution in [0.5, 0.6) is 0 Å². The third-order valence-electron chi connectivity index (χ3n) is 8.44. The predicted octanol–water partition coefficient (Wildman–Crippen LogP) is 10.6. The molecule has 0 bridgehead atoms. The van der Waals surface area contributed by atoms with Crippen molar-refractivity contribution in [1.82, 2.24) is 0 Å². The smallest absolute Gasteiger partial charge is 0.462 e. The predicted molar refractivity (Wildman–Crippen MR) is 254 cm³/mol. The zero-order chi connectivity index (χ0) is 47.4. The van der Waals surface area contributed by atoms with Crippen LogP contribution in [0.1, 0.15) is 123 Å². The van der Waals surface area contributed by atoms with E-state index in [-0.39, 0.29) is 25.7 Å². The van der Waals surface area contributed by atoms with Crippen molar-refractivity contribution in [3.63, 3.8) is 0 Å². The minimum absolute atomic E-state index is 0.0218. The molecule has 0 rings (SSSR count). The molecule has 0 aliphatic carbocycles. The number of ether oxygens (including phenoxy) is 2. The van der Waals surface area contributed by atoms with Crippen molar-refractivity contribution < 1.29 is 66.7 Å². The first-order valence-corrected chi connectivity index (χ1v) is 25.4. The summed E-state index contributed by atoms with van der Waals surface area (Å²) in [5.41, 5.74) is 0. The van der Waals surface area contributed by atoms with Crippen molar-refractivity contribution in [2.75, 3.05) is 26.4 Å². The zero-order valence-electron chi connectivity index (χ0n) is 37.9. The summed E-state index contributed by atoms with van der Waals surface area (Å²) >= 11 is 0. The Labute approximate surface area is 382 Å². The maximum Gasteiger partial charge on any atom is 0.472 e. The van der Waals surface area contributed by atoms with Crippen LogP contribution in [0.15, 0.2) is 122 Å². The van der Waals surface area contributed by atoms with E-state index in [2.05, 4.69) is 102 Å². The molecule has 14 nitrogen and oxygen atoms in total. The van der Waals surface area contributed by atoms with Gasteiger partial charge in [0, 0.05) is 12.8 Å². The monoisotopic (exact) mass is 938 g/mol. The highest BCUT2D eigenvalue weighted by Gasteiger charge is 2.28. The number of hydrogen-bond acceptors (Lipinski definition) is 11. The van der Waals surface area contributed by atoms with Gasteiger partial charge in [0.15, 0.2) is 6.10 Å². The van der Waals surface area contributed by atoms with E-state index in [9.17, 15) is 33.8 Å². The molecule has 0 aliphatic heterocycles. The molecule has 4 atom stereocenters. The number of allylic oxidation sites excluding steroid dienone is 19. The van der Waals surface area contributed by atoms with E-state index in [4.69, 9.17) is 23.8 Å². The van der Waals surface area contributed by atoms with Gasteiger partial charge >= 0.3 is 27.6 Å². The lowest BCUT2D eigenvalue weighted by Gasteiger charge is -2.20. The van der Waals surface area contributed by atoms with Gasteiger partial charge in [0.25, 0.3) is 0 Å². The van der Waals surface area contributed by atoms with E-state index in [1.165, 1.54) is 19.3 Å². The molecular formula is C48H76O14P2. The highest BCUT2D eigenvalue weighted by Crippen LogP contribution is 2.43. The standard InChI is InChI=1S/C48H76O14P2/c1-3-5-7-9-11-13-15-17-18-19-20-21-22-24-26-28-30-32-34-38-47(51)58-42-46(43-61-64(56,57)60-41-45(50)40-59-63(53,54)55)62-48(52)39-35-37-44(49)36-33-31-29-27-25-23-16-14-12-10-8-6-4-2/h5,7,11-14,17-18,20-21,23-26,29-33,36,44-46,49-50H,3-4,6,8-10,15-16,19,22,27-28,34-35,37-43H2,1-2H3,(H,56,57)(H2,53,54,55)/b7-5-,13-11-,14-12-,18-17-,21-20-,25-23-,26-24-,31-29-,32-30-,36-33+/t44-,45-,46+/m0/s1. The van der Waals surface area contributed by atoms with Gasteiger partial charge in [0.05, 0.1) is 25.9 Å². The van der Waals surface area contributed by atoms with Crippen LogP contribution in [-0.2, 0) is 41.8 Å². The van der Waals surface area contributed by atoms with Gasteiger partial charge in [-0.15, -0.1) is 0 Å². The van der Waals surface area contributed by atoms with Gasteiger partial charge in [0.2, 0.25) is 0 Å². The maximum atomic E-state index is 12.7. The molecular weight excluding hydrogens is 862 g/mol. The molecule has 0 saturated carbocycles. The second-order valence-electron chi connectivity index (χ2n) is 14.4. The Kier molecular flexibility index (Phi) is 39.8. The number of unbranched alkanes of at least 4 members (excludes halogenated alkanes) is 3. The third-order valence-corrected chi connectivity index (χ3v) is 9.88. The number of esters is 2. The van der Waals surface area contributed by atoms with Crippen LogP contribution in [0, 0.1) is 0 Å². The first-order chi connectivity index (χ1) is 30.8. The van der Waals surface area contributed by atoms with Crippen molar-refractivity contribution in [3.05, 3.63) is 122 Å². The fraction of sp³-hybridized carbons (Fsp3) is 0.542. The largest absolute Gasteiger partial charge is 0.472 e. The van der Waals surface area contributed by atoms with E-state index in [0.29, 0.717) is 12.8 Å². The van der Waals surface area contributed by atoms with Gasteiger partial charge in [0.1, 0.15) is 12.7 Å². The maximum absolute atomic E-state index is 12.7. The van der Waals surface area contributed by atoms with Gasteiger partial charge in [-0.05, 0) is 83.5 Å². The molecule has 0 heterocycles. The minimum Gasteiger partial charge on any atom is -0.462 e. The topological polar surface area (TPSA) is 216 Å². The molecule has 0 aliphatic rings. The fourth-order valence-electron chi connectivity index (χ4n) is 5.06. The molecule has 64 heavy (non-hydrogen) atoms.